The van der Waals surface area contributed by atoms with E-state index in [0.717, 1.165) is 12.3 Å². The maximum atomic E-state index is 5.55. The average Bonchev–Trinajstić information content (AvgIpc) is 2.34. The SMILES string of the molecule is ClCCCN1CCSC1. The van der Waals surface area contributed by atoms with Gasteiger partial charge in [0.2, 0.25) is 0 Å². The predicted octanol–water partition coefficient (Wildman–Crippen LogP) is 1.62. The van der Waals surface area contributed by atoms with Crippen molar-refractivity contribution in [2.75, 3.05) is 30.6 Å². The van der Waals surface area contributed by atoms with Gasteiger partial charge in [0.1, 0.15) is 0 Å². The molecule has 1 heterocycles. The zero-order valence-electron chi connectivity index (χ0n) is 5.48. The summed E-state index contributed by atoms with van der Waals surface area (Å²) in [7, 11) is 0. The van der Waals surface area contributed by atoms with Crippen LogP contribution in [0.3, 0.4) is 0 Å². The van der Waals surface area contributed by atoms with E-state index in [1.165, 1.54) is 24.7 Å². The zero-order chi connectivity index (χ0) is 6.53. The molecule has 0 aromatic carbocycles. The van der Waals surface area contributed by atoms with Gasteiger partial charge in [-0.1, -0.05) is 0 Å². The van der Waals surface area contributed by atoms with E-state index in [4.69, 9.17) is 11.6 Å². The van der Waals surface area contributed by atoms with Crippen molar-refractivity contribution in [3.8, 4) is 0 Å². The number of hydrogen-bond donors (Lipinski definition) is 0. The van der Waals surface area contributed by atoms with Crippen molar-refractivity contribution in [2.45, 2.75) is 6.42 Å². The molecule has 0 amide bonds. The van der Waals surface area contributed by atoms with Crippen molar-refractivity contribution < 1.29 is 0 Å². The molecule has 1 aliphatic heterocycles. The molecule has 1 fully saturated rings. The molecule has 1 saturated heterocycles. The number of halogens is 1. The Morgan fingerprint density at radius 1 is 1.56 bits per heavy atom. The van der Waals surface area contributed by atoms with Gasteiger partial charge in [-0.2, -0.15) is 0 Å². The van der Waals surface area contributed by atoms with Crippen molar-refractivity contribution in [1.29, 1.82) is 0 Å². The molecule has 0 saturated carbocycles. The van der Waals surface area contributed by atoms with E-state index in [-0.39, 0.29) is 0 Å². The molecule has 9 heavy (non-hydrogen) atoms. The Hall–Kier alpha value is 0.600. The lowest BCUT2D eigenvalue weighted by Crippen LogP contribution is -2.20. The minimum atomic E-state index is 0.807. The highest BCUT2D eigenvalue weighted by molar-refractivity contribution is 7.99. The molecule has 0 spiro atoms. The van der Waals surface area contributed by atoms with E-state index in [9.17, 15) is 0 Å². The van der Waals surface area contributed by atoms with Crippen molar-refractivity contribution in [1.82, 2.24) is 4.90 Å². The lowest BCUT2D eigenvalue weighted by molar-refractivity contribution is 0.357. The van der Waals surface area contributed by atoms with Crippen LogP contribution in [0.1, 0.15) is 6.42 Å². The molecule has 0 unspecified atom stereocenters. The molecule has 0 radical (unpaired) electrons. The predicted molar refractivity (Wildman–Crippen MR) is 44.2 cm³/mol. The lowest BCUT2D eigenvalue weighted by atomic mass is 10.4. The van der Waals surface area contributed by atoms with E-state index in [0.29, 0.717) is 0 Å². The molecule has 0 atom stereocenters. The number of thioether (sulfide) groups is 1. The molecule has 1 rings (SSSR count). The quantitative estimate of drug-likeness (QED) is 0.585. The summed E-state index contributed by atoms with van der Waals surface area (Å²) in [6, 6.07) is 0. The molecule has 0 bridgehead atoms. The van der Waals surface area contributed by atoms with Gasteiger partial charge in [-0.05, 0) is 6.42 Å². The number of rotatable bonds is 3. The molecular weight excluding hydrogens is 154 g/mol. The van der Waals surface area contributed by atoms with Crippen LogP contribution < -0.4 is 0 Å². The van der Waals surface area contributed by atoms with E-state index < -0.39 is 0 Å². The Bertz CT molecular complexity index is 73.5. The fourth-order valence-electron chi connectivity index (χ4n) is 0.912. The highest BCUT2D eigenvalue weighted by atomic mass is 35.5. The van der Waals surface area contributed by atoms with Gasteiger partial charge < -0.3 is 0 Å². The molecule has 0 aliphatic carbocycles. The highest BCUT2D eigenvalue weighted by Gasteiger charge is 2.09. The summed E-state index contributed by atoms with van der Waals surface area (Å²) < 4.78 is 0. The van der Waals surface area contributed by atoms with Gasteiger partial charge in [-0.3, -0.25) is 4.90 Å². The van der Waals surface area contributed by atoms with Crippen molar-refractivity contribution in [2.24, 2.45) is 0 Å². The first kappa shape index (κ1) is 7.70. The van der Waals surface area contributed by atoms with Gasteiger partial charge in [0, 0.05) is 30.6 Å². The summed E-state index contributed by atoms with van der Waals surface area (Å²) in [6.07, 6.45) is 1.14. The summed E-state index contributed by atoms with van der Waals surface area (Å²) in [5, 5.41) is 0. The van der Waals surface area contributed by atoms with Crippen LogP contribution in [0, 0.1) is 0 Å². The molecular formula is C6H12ClNS. The average molecular weight is 166 g/mol. The van der Waals surface area contributed by atoms with Crippen molar-refractivity contribution >= 4 is 23.4 Å². The molecule has 1 nitrogen and oxygen atoms in total. The molecule has 1 aliphatic rings. The summed E-state index contributed by atoms with van der Waals surface area (Å²) in [6.45, 7) is 2.46. The summed E-state index contributed by atoms with van der Waals surface area (Å²) >= 11 is 7.56. The first-order valence-electron chi connectivity index (χ1n) is 3.29. The van der Waals surface area contributed by atoms with Gasteiger partial charge in [0.05, 0.1) is 0 Å². The van der Waals surface area contributed by atoms with Crippen LogP contribution >= 0.6 is 23.4 Å². The Morgan fingerprint density at radius 2 is 2.44 bits per heavy atom. The van der Waals surface area contributed by atoms with Crippen LogP contribution in [0.25, 0.3) is 0 Å². The van der Waals surface area contributed by atoms with Crippen LogP contribution in [0.4, 0.5) is 0 Å². The largest absolute Gasteiger partial charge is 0.293 e. The van der Waals surface area contributed by atoms with E-state index >= 15 is 0 Å². The third-order valence-electron chi connectivity index (χ3n) is 1.43. The third kappa shape index (κ3) is 2.78. The van der Waals surface area contributed by atoms with Crippen LogP contribution in [-0.4, -0.2) is 35.5 Å². The Balaban J connectivity index is 1.98. The minimum absolute atomic E-state index is 0.807. The van der Waals surface area contributed by atoms with Gasteiger partial charge in [0.15, 0.2) is 0 Å². The monoisotopic (exact) mass is 165 g/mol. The van der Waals surface area contributed by atoms with Crippen LogP contribution in [0.2, 0.25) is 0 Å². The van der Waals surface area contributed by atoms with Crippen LogP contribution in [0.15, 0.2) is 0 Å². The lowest BCUT2D eigenvalue weighted by Gasteiger charge is -2.10. The zero-order valence-corrected chi connectivity index (χ0v) is 7.05. The fourth-order valence-corrected chi connectivity index (χ4v) is 2.06. The normalized spacial score (nSPS) is 21.0. The Kier molecular flexibility index (Phi) is 3.78. The summed E-state index contributed by atoms with van der Waals surface area (Å²) in [4.78, 5) is 2.45. The molecule has 3 heteroatoms. The van der Waals surface area contributed by atoms with Gasteiger partial charge in [-0.25, -0.2) is 0 Å². The Labute approximate surface area is 65.7 Å². The number of hydrogen-bond acceptors (Lipinski definition) is 2. The van der Waals surface area contributed by atoms with Gasteiger partial charge >= 0.3 is 0 Å². The number of alkyl halides is 1. The second kappa shape index (κ2) is 4.42. The first-order chi connectivity index (χ1) is 4.43. The van der Waals surface area contributed by atoms with Crippen molar-refractivity contribution in [3.05, 3.63) is 0 Å². The third-order valence-corrected chi connectivity index (χ3v) is 2.72. The van der Waals surface area contributed by atoms with E-state index in [1.807, 2.05) is 11.8 Å². The number of nitrogens with zero attached hydrogens (tertiary/aromatic N) is 1. The Morgan fingerprint density at radius 3 is 3.00 bits per heavy atom. The standard InChI is InChI=1S/C6H12ClNS/c7-2-1-3-8-4-5-9-6-8/h1-6H2. The van der Waals surface area contributed by atoms with Gasteiger partial charge in [-0.15, -0.1) is 23.4 Å². The topological polar surface area (TPSA) is 3.24 Å². The van der Waals surface area contributed by atoms with E-state index in [1.54, 1.807) is 0 Å². The summed E-state index contributed by atoms with van der Waals surface area (Å²) in [5.41, 5.74) is 0. The molecule has 0 N–H and O–H groups in total. The molecule has 54 valence electrons. The maximum absolute atomic E-state index is 5.55. The van der Waals surface area contributed by atoms with E-state index in [2.05, 4.69) is 4.90 Å². The smallest absolute Gasteiger partial charge is 0.0445 e. The second-order valence-corrected chi connectivity index (χ2v) is 3.65. The fraction of sp³-hybridized carbons (Fsp3) is 1.00. The summed E-state index contributed by atoms with van der Waals surface area (Å²) in [5.74, 6) is 3.33. The first-order valence-corrected chi connectivity index (χ1v) is 4.98. The minimum Gasteiger partial charge on any atom is -0.293 e. The second-order valence-electron chi connectivity index (χ2n) is 2.20. The molecule has 0 aromatic heterocycles. The maximum Gasteiger partial charge on any atom is 0.0445 e. The highest BCUT2D eigenvalue weighted by Crippen LogP contribution is 2.12. The van der Waals surface area contributed by atoms with Gasteiger partial charge in [0.25, 0.3) is 0 Å². The van der Waals surface area contributed by atoms with Crippen LogP contribution in [0.5, 0.6) is 0 Å². The van der Waals surface area contributed by atoms with Crippen LogP contribution in [-0.2, 0) is 0 Å². The van der Waals surface area contributed by atoms with Crippen molar-refractivity contribution in [3.63, 3.8) is 0 Å². The molecule has 0 aromatic rings.